The SMILES string of the molecule is CCCOCCC(NC=O)C(=O)O. The molecule has 1 amide bonds. The van der Waals surface area contributed by atoms with Crippen LogP contribution >= 0.6 is 0 Å². The first kappa shape index (κ1) is 11.9. The smallest absolute Gasteiger partial charge is 0.326 e. The summed E-state index contributed by atoms with van der Waals surface area (Å²) in [5, 5.41) is 10.8. The van der Waals surface area contributed by atoms with Crippen LogP contribution in [0.4, 0.5) is 0 Å². The minimum absolute atomic E-state index is 0.300. The molecule has 0 radical (unpaired) electrons. The van der Waals surface area contributed by atoms with Crippen molar-refractivity contribution in [2.75, 3.05) is 13.2 Å². The van der Waals surface area contributed by atoms with Gasteiger partial charge < -0.3 is 15.2 Å². The number of amides is 1. The van der Waals surface area contributed by atoms with Crippen LogP contribution in [-0.2, 0) is 14.3 Å². The summed E-state index contributed by atoms with van der Waals surface area (Å²) in [5.74, 6) is -1.04. The Kier molecular flexibility index (Phi) is 6.91. The van der Waals surface area contributed by atoms with Gasteiger partial charge in [-0.25, -0.2) is 4.79 Å². The zero-order valence-corrected chi connectivity index (χ0v) is 7.66. The van der Waals surface area contributed by atoms with Crippen molar-refractivity contribution in [1.82, 2.24) is 5.32 Å². The van der Waals surface area contributed by atoms with Gasteiger partial charge in [-0.2, -0.15) is 0 Å². The summed E-state index contributed by atoms with van der Waals surface area (Å²) in [7, 11) is 0. The van der Waals surface area contributed by atoms with E-state index in [1.165, 1.54) is 0 Å². The molecule has 0 bridgehead atoms. The Morgan fingerprint density at radius 2 is 2.31 bits per heavy atom. The van der Waals surface area contributed by atoms with Crippen molar-refractivity contribution < 1.29 is 19.4 Å². The number of carboxylic acid groups (broad SMARTS) is 1. The van der Waals surface area contributed by atoms with E-state index in [2.05, 4.69) is 5.32 Å². The molecule has 0 saturated heterocycles. The second-order valence-electron chi connectivity index (χ2n) is 2.58. The fourth-order valence-electron chi connectivity index (χ4n) is 0.808. The molecular weight excluding hydrogens is 174 g/mol. The Morgan fingerprint density at radius 3 is 2.77 bits per heavy atom. The molecule has 0 aromatic carbocycles. The molecule has 0 rings (SSSR count). The van der Waals surface area contributed by atoms with Gasteiger partial charge in [-0.15, -0.1) is 0 Å². The van der Waals surface area contributed by atoms with Crippen LogP contribution in [0, 0.1) is 0 Å². The van der Waals surface area contributed by atoms with Gasteiger partial charge in [0.25, 0.3) is 0 Å². The third kappa shape index (κ3) is 6.10. The molecule has 1 unspecified atom stereocenters. The Morgan fingerprint density at radius 1 is 1.62 bits per heavy atom. The molecule has 0 fully saturated rings. The third-order valence-corrected chi connectivity index (χ3v) is 1.47. The first-order valence-corrected chi connectivity index (χ1v) is 4.22. The quantitative estimate of drug-likeness (QED) is 0.416. The number of hydrogen-bond donors (Lipinski definition) is 2. The zero-order chi connectivity index (χ0) is 10.1. The second-order valence-corrected chi connectivity index (χ2v) is 2.58. The molecular formula is C8H15NO4. The molecule has 0 saturated carbocycles. The Bertz CT molecular complexity index is 160. The number of rotatable bonds is 8. The van der Waals surface area contributed by atoms with Crippen molar-refractivity contribution in [3.8, 4) is 0 Å². The van der Waals surface area contributed by atoms with E-state index in [1.807, 2.05) is 6.92 Å². The maximum Gasteiger partial charge on any atom is 0.326 e. The lowest BCUT2D eigenvalue weighted by atomic mass is 10.2. The maximum absolute atomic E-state index is 10.5. The molecule has 2 N–H and O–H groups in total. The molecule has 0 heterocycles. The molecule has 0 aromatic heterocycles. The highest BCUT2D eigenvalue weighted by molar-refractivity contribution is 5.76. The molecule has 13 heavy (non-hydrogen) atoms. The van der Waals surface area contributed by atoms with E-state index in [9.17, 15) is 9.59 Å². The monoisotopic (exact) mass is 189 g/mol. The normalized spacial score (nSPS) is 12.1. The third-order valence-electron chi connectivity index (χ3n) is 1.47. The number of aliphatic carboxylic acids is 1. The fourth-order valence-corrected chi connectivity index (χ4v) is 0.808. The van der Waals surface area contributed by atoms with E-state index in [4.69, 9.17) is 9.84 Å². The average molecular weight is 189 g/mol. The standard InChI is InChI=1S/C8H15NO4/c1-2-4-13-5-3-7(8(11)12)9-6-10/h6-7H,2-5H2,1H3,(H,9,10)(H,11,12). The van der Waals surface area contributed by atoms with Crippen LogP contribution in [0.25, 0.3) is 0 Å². The highest BCUT2D eigenvalue weighted by atomic mass is 16.5. The van der Waals surface area contributed by atoms with Gasteiger partial charge in [0.2, 0.25) is 6.41 Å². The molecule has 0 aromatic rings. The van der Waals surface area contributed by atoms with Crippen molar-refractivity contribution in [2.24, 2.45) is 0 Å². The van der Waals surface area contributed by atoms with Crippen LogP contribution in [0.2, 0.25) is 0 Å². The van der Waals surface area contributed by atoms with Gasteiger partial charge in [0.15, 0.2) is 0 Å². The second kappa shape index (κ2) is 7.54. The highest BCUT2D eigenvalue weighted by Crippen LogP contribution is 1.93. The maximum atomic E-state index is 10.5. The summed E-state index contributed by atoms with van der Waals surface area (Å²) >= 11 is 0. The lowest BCUT2D eigenvalue weighted by molar-refractivity contribution is -0.141. The lowest BCUT2D eigenvalue weighted by Gasteiger charge is -2.10. The number of hydrogen-bond acceptors (Lipinski definition) is 3. The lowest BCUT2D eigenvalue weighted by Crippen LogP contribution is -2.36. The average Bonchev–Trinajstić information content (AvgIpc) is 2.10. The van der Waals surface area contributed by atoms with Crippen LogP contribution < -0.4 is 5.32 Å². The summed E-state index contributed by atoms with van der Waals surface area (Å²) in [6, 6.07) is -0.839. The predicted molar refractivity (Wildman–Crippen MR) is 46.4 cm³/mol. The zero-order valence-electron chi connectivity index (χ0n) is 7.66. The van der Waals surface area contributed by atoms with Gasteiger partial charge in [-0.3, -0.25) is 4.79 Å². The number of carboxylic acids is 1. The van der Waals surface area contributed by atoms with Gasteiger partial charge in [-0.05, 0) is 6.42 Å². The predicted octanol–water partition coefficient (Wildman–Crippen LogP) is 0.00230. The summed E-state index contributed by atoms with van der Waals surface area (Å²) in [6.07, 6.45) is 1.59. The van der Waals surface area contributed by atoms with E-state index in [0.717, 1.165) is 6.42 Å². The topological polar surface area (TPSA) is 75.6 Å². The molecule has 0 spiro atoms. The highest BCUT2D eigenvalue weighted by Gasteiger charge is 2.15. The molecule has 5 nitrogen and oxygen atoms in total. The van der Waals surface area contributed by atoms with Crippen molar-refractivity contribution >= 4 is 12.4 Å². The van der Waals surface area contributed by atoms with E-state index >= 15 is 0 Å². The van der Waals surface area contributed by atoms with Gasteiger partial charge in [0.1, 0.15) is 6.04 Å². The molecule has 5 heteroatoms. The first-order chi connectivity index (χ1) is 6.22. The Hall–Kier alpha value is -1.10. The molecule has 1 atom stereocenters. The summed E-state index contributed by atoms with van der Waals surface area (Å²) in [5.41, 5.74) is 0. The van der Waals surface area contributed by atoms with Crippen LogP contribution in [0.15, 0.2) is 0 Å². The van der Waals surface area contributed by atoms with Crippen molar-refractivity contribution in [1.29, 1.82) is 0 Å². The number of ether oxygens (including phenoxy) is 1. The summed E-state index contributed by atoms with van der Waals surface area (Å²) < 4.78 is 5.09. The molecule has 0 aliphatic heterocycles. The van der Waals surface area contributed by atoms with E-state index < -0.39 is 12.0 Å². The van der Waals surface area contributed by atoms with Crippen molar-refractivity contribution in [2.45, 2.75) is 25.8 Å². The van der Waals surface area contributed by atoms with Gasteiger partial charge >= 0.3 is 5.97 Å². The van der Waals surface area contributed by atoms with E-state index in [0.29, 0.717) is 26.0 Å². The number of nitrogens with one attached hydrogen (secondary N) is 1. The van der Waals surface area contributed by atoms with Crippen molar-refractivity contribution in [3.63, 3.8) is 0 Å². The van der Waals surface area contributed by atoms with Gasteiger partial charge in [0, 0.05) is 19.6 Å². The first-order valence-electron chi connectivity index (χ1n) is 4.22. The van der Waals surface area contributed by atoms with Crippen LogP contribution in [-0.4, -0.2) is 36.7 Å². The van der Waals surface area contributed by atoms with Crippen molar-refractivity contribution in [3.05, 3.63) is 0 Å². The fraction of sp³-hybridized carbons (Fsp3) is 0.750. The number of carbonyl (C=O) groups is 2. The van der Waals surface area contributed by atoms with Crippen LogP contribution in [0.3, 0.4) is 0 Å². The summed E-state index contributed by atoms with van der Waals surface area (Å²) in [4.78, 5) is 20.5. The molecule has 76 valence electrons. The van der Waals surface area contributed by atoms with Crippen LogP contribution in [0.1, 0.15) is 19.8 Å². The minimum Gasteiger partial charge on any atom is -0.480 e. The minimum atomic E-state index is -1.04. The van der Waals surface area contributed by atoms with E-state index in [1.54, 1.807) is 0 Å². The molecule has 0 aliphatic carbocycles. The largest absolute Gasteiger partial charge is 0.480 e. The Labute approximate surface area is 77.1 Å². The Balaban J connectivity index is 3.56. The van der Waals surface area contributed by atoms with E-state index in [-0.39, 0.29) is 0 Å². The summed E-state index contributed by atoms with van der Waals surface area (Å²) in [6.45, 7) is 2.94. The molecule has 0 aliphatic rings. The van der Waals surface area contributed by atoms with Gasteiger partial charge in [-0.1, -0.05) is 6.92 Å². The number of carbonyl (C=O) groups excluding carboxylic acids is 1. The van der Waals surface area contributed by atoms with Gasteiger partial charge in [0.05, 0.1) is 0 Å². The van der Waals surface area contributed by atoms with Crippen LogP contribution in [0.5, 0.6) is 0 Å².